The summed E-state index contributed by atoms with van der Waals surface area (Å²) < 4.78 is 10.5. The Bertz CT molecular complexity index is 780. The normalized spacial score (nSPS) is 10.5. The fourth-order valence-corrected chi connectivity index (χ4v) is 2.68. The SMILES string of the molecule is CCOC(=O)c1[nH]c(C)c(C(=O)COc2cc(C)ccc2Cl)c1C. The van der Waals surface area contributed by atoms with Crippen molar-refractivity contribution in [3.8, 4) is 5.75 Å². The Labute approximate surface area is 145 Å². The highest BCUT2D eigenvalue weighted by molar-refractivity contribution is 6.32. The van der Waals surface area contributed by atoms with Crippen LogP contribution in [0, 0.1) is 20.8 Å². The summed E-state index contributed by atoms with van der Waals surface area (Å²) in [7, 11) is 0. The van der Waals surface area contributed by atoms with Gasteiger partial charge in [-0.25, -0.2) is 4.79 Å². The Kier molecular flexibility index (Phi) is 5.67. The summed E-state index contributed by atoms with van der Waals surface area (Å²) in [4.78, 5) is 27.3. The third kappa shape index (κ3) is 3.79. The number of ketones is 1. The van der Waals surface area contributed by atoms with E-state index in [2.05, 4.69) is 4.98 Å². The number of rotatable bonds is 6. The molecule has 1 aromatic carbocycles. The molecule has 0 aliphatic rings. The molecular weight excluding hydrogens is 330 g/mol. The predicted molar refractivity (Wildman–Crippen MR) is 92.2 cm³/mol. The first-order valence-electron chi connectivity index (χ1n) is 7.63. The van der Waals surface area contributed by atoms with Crippen LogP contribution in [-0.2, 0) is 4.74 Å². The topological polar surface area (TPSA) is 68.4 Å². The van der Waals surface area contributed by atoms with Gasteiger partial charge in [0.15, 0.2) is 6.61 Å². The van der Waals surface area contributed by atoms with Crippen molar-refractivity contribution in [2.45, 2.75) is 27.7 Å². The van der Waals surface area contributed by atoms with Crippen LogP contribution >= 0.6 is 11.6 Å². The Balaban J connectivity index is 2.18. The fraction of sp³-hybridized carbons (Fsp3) is 0.333. The number of aromatic nitrogens is 1. The molecule has 0 fully saturated rings. The van der Waals surface area contributed by atoms with E-state index >= 15 is 0 Å². The van der Waals surface area contributed by atoms with E-state index in [4.69, 9.17) is 21.1 Å². The first kappa shape index (κ1) is 18.1. The maximum Gasteiger partial charge on any atom is 0.355 e. The van der Waals surface area contributed by atoms with Crippen molar-refractivity contribution in [1.29, 1.82) is 0 Å². The summed E-state index contributed by atoms with van der Waals surface area (Å²) in [5.41, 5.74) is 2.91. The maximum absolute atomic E-state index is 12.5. The molecule has 24 heavy (non-hydrogen) atoms. The number of H-pyrrole nitrogens is 1. The predicted octanol–water partition coefficient (Wildman–Crippen LogP) is 4.03. The van der Waals surface area contributed by atoms with E-state index in [1.165, 1.54) is 0 Å². The van der Waals surface area contributed by atoms with Crippen LogP contribution in [0.1, 0.15) is 44.6 Å². The lowest BCUT2D eigenvalue weighted by Crippen LogP contribution is -2.14. The summed E-state index contributed by atoms with van der Waals surface area (Å²) in [5.74, 6) is -0.240. The van der Waals surface area contributed by atoms with E-state index in [1.54, 1.807) is 32.9 Å². The van der Waals surface area contributed by atoms with Gasteiger partial charge in [-0.1, -0.05) is 17.7 Å². The molecule has 2 rings (SSSR count). The molecular formula is C18H20ClNO4. The Hall–Kier alpha value is -2.27. The Morgan fingerprint density at radius 2 is 1.92 bits per heavy atom. The number of carbonyl (C=O) groups excluding carboxylic acids is 2. The fourth-order valence-electron chi connectivity index (χ4n) is 2.51. The number of aryl methyl sites for hydroxylation is 2. The number of esters is 1. The number of halogens is 1. The minimum absolute atomic E-state index is 0.162. The van der Waals surface area contributed by atoms with Crippen LogP contribution in [-0.4, -0.2) is 30.0 Å². The highest BCUT2D eigenvalue weighted by Crippen LogP contribution is 2.26. The van der Waals surface area contributed by atoms with E-state index in [-0.39, 0.29) is 19.0 Å². The van der Waals surface area contributed by atoms with Crippen molar-refractivity contribution >= 4 is 23.4 Å². The van der Waals surface area contributed by atoms with E-state index in [0.717, 1.165) is 5.56 Å². The molecule has 0 saturated carbocycles. The van der Waals surface area contributed by atoms with E-state index in [9.17, 15) is 9.59 Å². The van der Waals surface area contributed by atoms with Gasteiger partial charge in [-0.2, -0.15) is 0 Å². The van der Waals surface area contributed by atoms with E-state index in [0.29, 0.717) is 33.3 Å². The summed E-state index contributed by atoms with van der Waals surface area (Å²) in [6.07, 6.45) is 0. The molecule has 0 saturated heterocycles. The standard InChI is InChI=1S/C18H20ClNO4/c1-5-23-18(22)17-11(3)16(12(4)20-17)14(21)9-24-15-8-10(2)6-7-13(15)19/h6-8,20H,5,9H2,1-4H3. The smallest absolute Gasteiger partial charge is 0.355 e. The van der Waals surface area contributed by atoms with Crippen molar-refractivity contribution in [2.24, 2.45) is 0 Å². The van der Waals surface area contributed by atoms with Gasteiger partial charge in [-0.3, -0.25) is 4.79 Å². The molecule has 1 aromatic heterocycles. The van der Waals surface area contributed by atoms with E-state index < -0.39 is 5.97 Å². The quantitative estimate of drug-likeness (QED) is 0.631. The molecule has 1 heterocycles. The lowest BCUT2D eigenvalue weighted by Gasteiger charge is -2.09. The number of hydrogen-bond acceptors (Lipinski definition) is 4. The number of hydrogen-bond donors (Lipinski definition) is 1. The molecule has 2 aromatic rings. The van der Waals surface area contributed by atoms with Crippen LogP contribution in [0.15, 0.2) is 18.2 Å². The van der Waals surface area contributed by atoms with Gasteiger partial charge < -0.3 is 14.5 Å². The third-order valence-electron chi connectivity index (χ3n) is 3.64. The average Bonchev–Trinajstić information content (AvgIpc) is 2.83. The highest BCUT2D eigenvalue weighted by atomic mass is 35.5. The van der Waals surface area contributed by atoms with Crippen molar-refractivity contribution in [3.63, 3.8) is 0 Å². The molecule has 0 spiro atoms. The molecule has 0 radical (unpaired) electrons. The van der Waals surface area contributed by atoms with Crippen molar-refractivity contribution < 1.29 is 19.1 Å². The largest absolute Gasteiger partial charge is 0.484 e. The molecule has 6 heteroatoms. The number of Topliss-reactive ketones (excluding diaryl/α,β-unsaturated/α-hetero) is 1. The van der Waals surface area contributed by atoms with Gasteiger partial charge in [0.2, 0.25) is 5.78 Å². The highest BCUT2D eigenvalue weighted by Gasteiger charge is 2.23. The molecule has 0 unspecified atom stereocenters. The number of aromatic amines is 1. The van der Waals surface area contributed by atoms with Crippen LogP contribution in [0.4, 0.5) is 0 Å². The van der Waals surface area contributed by atoms with Gasteiger partial charge in [0.25, 0.3) is 0 Å². The first-order valence-corrected chi connectivity index (χ1v) is 8.01. The van der Waals surface area contributed by atoms with Crippen LogP contribution in [0.3, 0.4) is 0 Å². The number of carbonyl (C=O) groups is 2. The van der Waals surface area contributed by atoms with Gasteiger partial charge in [0, 0.05) is 11.3 Å². The lowest BCUT2D eigenvalue weighted by molar-refractivity contribution is 0.0519. The first-order chi connectivity index (χ1) is 11.3. The molecule has 5 nitrogen and oxygen atoms in total. The van der Waals surface area contributed by atoms with E-state index in [1.807, 2.05) is 13.0 Å². The zero-order chi connectivity index (χ0) is 17.9. The van der Waals surface area contributed by atoms with Gasteiger partial charge in [-0.05, 0) is 51.0 Å². The molecule has 0 amide bonds. The Morgan fingerprint density at radius 1 is 1.21 bits per heavy atom. The zero-order valence-electron chi connectivity index (χ0n) is 14.2. The summed E-state index contributed by atoms with van der Waals surface area (Å²) in [6.45, 7) is 7.20. The third-order valence-corrected chi connectivity index (χ3v) is 3.95. The van der Waals surface area contributed by atoms with Gasteiger partial charge in [0.1, 0.15) is 11.4 Å². The minimum atomic E-state index is -0.472. The van der Waals surface area contributed by atoms with Crippen LogP contribution in [0.5, 0.6) is 5.75 Å². The van der Waals surface area contributed by atoms with Crippen molar-refractivity contribution in [3.05, 3.63) is 51.3 Å². The summed E-state index contributed by atoms with van der Waals surface area (Å²) in [5, 5.41) is 0.447. The van der Waals surface area contributed by atoms with Crippen molar-refractivity contribution in [1.82, 2.24) is 4.98 Å². The van der Waals surface area contributed by atoms with Crippen molar-refractivity contribution in [2.75, 3.05) is 13.2 Å². The van der Waals surface area contributed by atoms with Crippen LogP contribution in [0.25, 0.3) is 0 Å². The lowest BCUT2D eigenvalue weighted by atomic mass is 10.1. The molecule has 0 bridgehead atoms. The Morgan fingerprint density at radius 3 is 2.58 bits per heavy atom. The molecule has 0 atom stereocenters. The molecule has 1 N–H and O–H groups in total. The van der Waals surface area contributed by atoms with Gasteiger partial charge in [-0.15, -0.1) is 0 Å². The number of benzene rings is 1. The molecule has 0 aliphatic heterocycles. The second kappa shape index (κ2) is 7.53. The number of ether oxygens (including phenoxy) is 2. The van der Waals surface area contributed by atoms with Gasteiger partial charge >= 0.3 is 5.97 Å². The summed E-state index contributed by atoms with van der Waals surface area (Å²) >= 11 is 6.07. The summed E-state index contributed by atoms with van der Waals surface area (Å²) in [6, 6.07) is 5.36. The number of nitrogens with one attached hydrogen (secondary N) is 1. The van der Waals surface area contributed by atoms with Gasteiger partial charge in [0.05, 0.1) is 11.6 Å². The second-order valence-electron chi connectivity index (χ2n) is 5.49. The second-order valence-corrected chi connectivity index (χ2v) is 5.90. The minimum Gasteiger partial charge on any atom is -0.484 e. The zero-order valence-corrected chi connectivity index (χ0v) is 14.9. The molecule has 128 valence electrons. The van der Waals surface area contributed by atoms with Crippen LogP contribution < -0.4 is 4.74 Å². The van der Waals surface area contributed by atoms with Crippen LogP contribution in [0.2, 0.25) is 5.02 Å². The average molecular weight is 350 g/mol. The molecule has 0 aliphatic carbocycles. The monoisotopic (exact) mass is 349 g/mol. The maximum atomic E-state index is 12.5.